The minimum atomic E-state index is -4.47. The Bertz CT molecular complexity index is 490. The number of hydrogen-bond donors (Lipinski definition) is 1. The van der Waals surface area contributed by atoms with Crippen LogP contribution in [0.2, 0.25) is 0 Å². The van der Waals surface area contributed by atoms with Gasteiger partial charge in [0.15, 0.2) is 0 Å². The molecule has 4 nitrogen and oxygen atoms in total. The van der Waals surface area contributed by atoms with Crippen molar-refractivity contribution in [2.75, 3.05) is 13.7 Å². The van der Waals surface area contributed by atoms with Crippen molar-refractivity contribution in [1.82, 2.24) is 5.32 Å². The summed E-state index contributed by atoms with van der Waals surface area (Å²) in [5, 5.41) is 2.86. The minimum absolute atomic E-state index is 0.225. The van der Waals surface area contributed by atoms with E-state index in [0.717, 1.165) is 6.07 Å². The fourth-order valence-electron chi connectivity index (χ4n) is 2.10. The quantitative estimate of drug-likeness (QED) is 0.865. The number of para-hydroxylation sites is 1. The van der Waals surface area contributed by atoms with Crippen molar-refractivity contribution in [3.8, 4) is 5.75 Å². The normalized spacial score (nSPS) is 22.6. The Morgan fingerprint density at radius 3 is 2.70 bits per heavy atom. The maximum atomic E-state index is 12.8. The molecule has 2 rings (SSSR count). The topological polar surface area (TPSA) is 47.6 Å². The highest BCUT2D eigenvalue weighted by atomic mass is 19.4. The van der Waals surface area contributed by atoms with Crippen molar-refractivity contribution in [3.05, 3.63) is 29.8 Å². The number of halogens is 3. The molecule has 0 aromatic heterocycles. The SMILES string of the molecule is COC(=O)C1CC(Oc2ccccc2C(F)(F)F)CN1. The van der Waals surface area contributed by atoms with Crippen molar-refractivity contribution in [1.29, 1.82) is 0 Å². The van der Waals surface area contributed by atoms with Crippen molar-refractivity contribution < 1.29 is 27.4 Å². The second-order valence-corrected chi connectivity index (χ2v) is 4.45. The third-order valence-electron chi connectivity index (χ3n) is 3.06. The lowest BCUT2D eigenvalue weighted by Crippen LogP contribution is -2.31. The van der Waals surface area contributed by atoms with Crippen molar-refractivity contribution >= 4 is 5.97 Å². The number of carbonyl (C=O) groups is 1. The number of methoxy groups -OCH3 is 1. The van der Waals surface area contributed by atoms with E-state index >= 15 is 0 Å². The molecule has 1 saturated heterocycles. The number of esters is 1. The molecule has 1 aliphatic rings. The first-order valence-corrected chi connectivity index (χ1v) is 6.06. The molecule has 1 heterocycles. The smallest absolute Gasteiger partial charge is 0.419 e. The van der Waals surface area contributed by atoms with Gasteiger partial charge in [0.1, 0.15) is 17.9 Å². The van der Waals surface area contributed by atoms with Gasteiger partial charge in [-0.15, -0.1) is 0 Å². The van der Waals surface area contributed by atoms with Gasteiger partial charge in [0.05, 0.1) is 12.7 Å². The van der Waals surface area contributed by atoms with Crippen LogP contribution >= 0.6 is 0 Å². The lowest BCUT2D eigenvalue weighted by molar-refractivity contribution is -0.143. The van der Waals surface area contributed by atoms with Crippen LogP contribution in [-0.2, 0) is 15.7 Å². The predicted molar refractivity (Wildman–Crippen MR) is 64.3 cm³/mol. The van der Waals surface area contributed by atoms with Crippen LogP contribution in [0.5, 0.6) is 5.75 Å². The minimum Gasteiger partial charge on any atom is -0.488 e. The molecular formula is C13H14F3NO3. The summed E-state index contributed by atoms with van der Waals surface area (Å²) in [7, 11) is 1.26. The van der Waals surface area contributed by atoms with E-state index in [2.05, 4.69) is 10.1 Å². The molecule has 1 aromatic carbocycles. The van der Waals surface area contributed by atoms with Gasteiger partial charge < -0.3 is 14.8 Å². The summed E-state index contributed by atoms with van der Waals surface area (Å²) in [6, 6.07) is 4.48. The number of carbonyl (C=O) groups excluding carboxylic acids is 1. The lowest BCUT2D eigenvalue weighted by atomic mass is 10.1. The Morgan fingerprint density at radius 1 is 1.35 bits per heavy atom. The van der Waals surface area contributed by atoms with Gasteiger partial charge in [0.2, 0.25) is 0 Å². The van der Waals surface area contributed by atoms with E-state index in [1.807, 2.05) is 0 Å². The van der Waals surface area contributed by atoms with E-state index in [1.165, 1.54) is 25.3 Å². The molecule has 1 N–H and O–H groups in total. The standard InChI is InChI=1S/C13H14F3NO3/c1-19-12(18)10-6-8(7-17-10)20-11-5-3-2-4-9(11)13(14,15)16/h2-5,8,10,17H,6-7H2,1H3. The second kappa shape index (κ2) is 5.70. The van der Waals surface area contributed by atoms with Crippen LogP contribution in [0, 0.1) is 0 Å². The molecule has 0 aliphatic carbocycles. The fraction of sp³-hybridized carbons (Fsp3) is 0.462. The van der Waals surface area contributed by atoms with Crippen LogP contribution in [0.4, 0.5) is 13.2 Å². The molecule has 2 unspecified atom stereocenters. The van der Waals surface area contributed by atoms with Crippen LogP contribution in [0.15, 0.2) is 24.3 Å². The Morgan fingerprint density at radius 2 is 2.05 bits per heavy atom. The average molecular weight is 289 g/mol. The van der Waals surface area contributed by atoms with Gasteiger partial charge in [-0.05, 0) is 12.1 Å². The number of ether oxygens (including phenoxy) is 2. The molecule has 20 heavy (non-hydrogen) atoms. The first-order chi connectivity index (χ1) is 9.41. The summed E-state index contributed by atoms with van der Waals surface area (Å²) in [5.74, 6) is -0.669. The highest BCUT2D eigenvalue weighted by molar-refractivity contribution is 5.76. The van der Waals surface area contributed by atoms with E-state index in [4.69, 9.17) is 4.74 Å². The molecule has 0 bridgehead atoms. The summed E-state index contributed by atoms with van der Waals surface area (Å²) < 4.78 is 48.4. The van der Waals surface area contributed by atoms with Crippen LogP contribution in [0.1, 0.15) is 12.0 Å². The van der Waals surface area contributed by atoms with Gasteiger partial charge in [-0.2, -0.15) is 13.2 Å². The number of nitrogens with one attached hydrogen (secondary N) is 1. The van der Waals surface area contributed by atoms with E-state index in [9.17, 15) is 18.0 Å². The van der Waals surface area contributed by atoms with Gasteiger partial charge in [-0.25, -0.2) is 0 Å². The highest BCUT2D eigenvalue weighted by Crippen LogP contribution is 2.36. The fourth-order valence-corrected chi connectivity index (χ4v) is 2.10. The maximum Gasteiger partial charge on any atom is 0.419 e. The van der Waals surface area contributed by atoms with E-state index in [1.54, 1.807) is 0 Å². The Balaban J connectivity index is 2.07. The van der Waals surface area contributed by atoms with Crippen molar-refractivity contribution in [2.45, 2.75) is 24.7 Å². The first-order valence-electron chi connectivity index (χ1n) is 6.06. The highest BCUT2D eigenvalue weighted by Gasteiger charge is 2.36. The summed E-state index contributed by atoms with van der Waals surface area (Å²) in [5.41, 5.74) is -0.818. The van der Waals surface area contributed by atoms with Crippen LogP contribution in [-0.4, -0.2) is 31.8 Å². The van der Waals surface area contributed by atoms with Gasteiger partial charge in [-0.3, -0.25) is 4.79 Å². The largest absolute Gasteiger partial charge is 0.488 e. The van der Waals surface area contributed by atoms with Crippen LogP contribution in [0.3, 0.4) is 0 Å². The lowest BCUT2D eigenvalue weighted by Gasteiger charge is -2.17. The van der Waals surface area contributed by atoms with Gasteiger partial charge in [0, 0.05) is 13.0 Å². The van der Waals surface area contributed by atoms with Crippen molar-refractivity contribution in [2.24, 2.45) is 0 Å². The zero-order chi connectivity index (χ0) is 14.8. The zero-order valence-corrected chi connectivity index (χ0v) is 10.7. The molecule has 1 aromatic rings. The molecule has 0 amide bonds. The molecule has 0 saturated carbocycles. The number of benzene rings is 1. The van der Waals surface area contributed by atoms with Crippen molar-refractivity contribution in [3.63, 3.8) is 0 Å². The van der Waals surface area contributed by atoms with Gasteiger partial charge >= 0.3 is 12.1 Å². The van der Waals surface area contributed by atoms with Gasteiger partial charge in [0.25, 0.3) is 0 Å². The Kier molecular flexibility index (Phi) is 4.17. The molecule has 7 heteroatoms. The molecule has 0 radical (unpaired) electrons. The zero-order valence-electron chi connectivity index (χ0n) is 10.7. The summed E-state index contributed by atoms with van der Waals surface area (Å²) in [4.78, 5) is 11.3. The Hall–Kier alpha value is -1.76. The van der Waals surface area contributed by atoms with Crippen LogP contribution < -0.4 is 10.1 Å². The number of rotatable bonds is 3. The third kappa shape index (κ3) is 3.22. The third-order valence-corrected chi connectivity index (χ3v) is 3.06. The number of alkyl halides is 3. The predicted octanol–water partition coefficient (Wildman–Crippen LogP) is 1.99. The van der Waals surface area contributed by atoms with E-state index in [-0.39, 0.29) is 12.2 Å². The van der Waals surface area contributed by atoms with Crippen LogP contribution in [0.25, 0.3) is 0 Å². The molecule has 0 spiro atoms. The monoisotopic (exact) mass is 289 g/mol. The molecular weight excluding hydrogens is 275 g/mol. The number of hydrogen-bond acceptors (Lipinski definition) is 4. The average Bonchev–Trinajstić information content (AvgIpc) is 2.86. The molecule has 2 atom stereocenters. The maximum absolute atomic E-state index is 12.8. The molecule has 110 valence electrons. The summed E-state index contributed by atoms with van der Waals surface area (Å²) in [6.07, 6.45) is -4.69. The van der Waals surface area contributed by atoms with E-state index < -0.39 is 29.9 Å². The van der Waals surface area contributed by atoms with Gasteiger partial charge in [-0.1, -0.05) is 12.1 Å². The second-order valence-electron chi connectivity index (χ2n) is 4.45. The molecule has 1 fully saturated rings. The first kappa shape index (κ1) is 14.6. The van der Waals surface area contributed by atoms with E-state index in [0.29, 0.717) is 6.54 Å². The summed E-state index contributed by atoms with van der Waals surface area (Å²) in [6.45, 7) is 0.298. The Labute approximate surface area is 113 Å². The summed E-state index contributed by atoms with van der Waals surface area (Å²) >= 11 is 0. The molecule has 1 aliphatic heterocycles.